The summed E-state index contributed by atoms with van der Waals surface area (Å²) in [5.74, 6) is -1.62. The number of amides is 1. The van der Waals surface area contributed by atoms with Crippen LogP contribution in [0.2, 0.25) is 0 Å². The van der Waals surface area contributed by atoms with Gasteiger partial charge in [0.1, 0.15) is 0 Å². The predicted molar refractivity (Wildman–Crippen MR) is 166 cm³/mol. The van der Waals surface area contributed by atoms with E-state index in [4.69, 9.17) is 9.26 Å². The Bertz CT molecular complexity index is 1020. The summed E-state index contributed by atoms with van der Waals surface area (Å²) in [5, 5.41) is 4.08. The zero-order valence-corrected chi connectivity index (χ0v) is 27.0. The molecule has 1 unspecified atom stereocenters. The molecule has 238 valence electrons. The van der Waals surface area contributed by atoms with Crippen LogP contribution in [0.5, 0.6) is 0 Å². The predicted octanol–water partition coefficient (Wildman–Crippen LogP) is 8.11. The number of unbranched alkanes of at least 4 members (excludes halogenated alkanes) is 1. The van der Waals surface area contributed by atoms with Gasteiger partial charge in [-0.1, -0.05) is 70.5 Å². The first-order valence-corrected chi connectivity index (χ1v) is 15.9. The van der Waals surface area contributed by atoms with Gasteiger partial charge in [0.25, 0.3) is 5.92 Å². The van der Waals surface area contributed by atoms with E-state index in [2.05, 4.69) is 74.0 Å². The van der Waals surface area contributed by atoms with Crippen molar-refractivity contribution in [2.75, 3.05) is 37.7 Å². The lowest BCUT2D eigenvalue weighted by Crippen LogP contribution is -2.40. The second-order valence-corrected chi connectivity index (χ2v) is 11.8. The van der Waals surface area contributed by atoms with Crippen molar-refractivity contribution >= 4 is 11.9 Å². The Morgan fingerprint density at radius 3 is 2.48 bits per heavy atom. The molecule has 1 aromatic rings. The molecule has 7 nitrogen and oxygen atoms in total. The normalized spacial score (nSPS) is 16.6. The van der Waals surface area contributed by atoms with Crippen molar-refractivity contribution in [2.45, 2.75) is 118 Å². The topological polar surface area (TPSA) is 71.7 Å². The Kier molecular flexibility index (Phi) is 15.4. The Hall–Kier alpha value is -2.55. The van der Waals surface area contributed by atoms with Crippen LogP contribution in [0.4, 0.5) is 14.8 Å². The number of hydrogen-bond acceptors (Lipinski definition) is 6. The molecular weight excluding hydrogens is 538 g/mol. The number of carbonyl (C=O) groups is 1. The molecule has 1 amide bonds. The van der Waals surface area contributed by atoms with Gasteiger partial charge >= 0.3 is 6.01 Å². The first-order chi connectivity index (χ1) is 20.0. The lowest BCUT2D eigenvalue weighted by Gasteiger charge is -2.30. The Morgan fingerprint density at radius 2 is 1.90 bits per heavy atom. The van der Waals surface area contributed by atoms with Gasteiger partial charge in [0.2, 0.25) is 5.91 Å². The van der Waals surface area contributed by atoms with E-state index in [0.717, 1.165) is 75.5 Å². The van der Waals surface area contributed by atoms with Crippen molar-refractivity contribution in [3.8, 4) is 0 Å². The molecule has 1 fully saturated rings. The summed E-state index contributed by atoms with van der Waals surface area (Å²) in [5.41, 5.74) is 2.28. The third-order valence-corrected chi connectivity index (χ3v) is 7.50. The summed E-state index contributed by atoms with van der Waals surface area (Å²) in [6.45, 7) is 15.6. The lowest BCUT2D eigenvalue weighted by atomic mass is 9.98. The van der Waals surface area contributed by atoms with Crippen LogP contribution in [0.15, 0.2) is 40.0 Å². The van der Waals surface area contributed by atoms with E-state index in [1.807, 2.05) is 6.92 Å². The highest BCUT2D eigenvalue weighted by Gasteiger charge is 2.27. The first-order valence-electron chi connectivity index (χ1n) is 15.9. The van der Waals surface area contributed by atoms with Crippen LogP contribution in [-0.2, 0) is 9.53 Å². The summed E-state index contributed by atoms with van der Waals surface area (Å²) in [7, 11) is 0. The van der Waals surface area contributed by atoms with E-state index < -0.39 is 12.5 Å². The van der Waals surface area contributed by atoms with Gasteiger partial charge in [-0.25, -0.2) is 8.78 Å². The zero-order chi connectivity index (χ0) is 31.1. The molecule has 0 radical (unpaired) electrons. The number of carbonyl (C=O) groups excluding carboxylic acids is 1. The molecule has 0 aromatic carbocycles. The number of halogens is 2. The second kappa shape index (κ2) is 18.2. The third kappa shape index (κ3) is 12.8. The Morgan fingerprint density at radius 1 is 1.19 bits per heavy atom. The number of piperidine rings is 1. The molecule has 42 heavy (non-hydrogen) atoms. The number of rotatable bonds is 18. The fourth-order valence-electron chi connectivity index (χ4n) is 4.96. The Labute approximate surface area is 252 Å². The number of aromatic nitrogens is 2. The van der Waals surface area contributed by atoms with Gasteiger partial charge in [0.15, 0.2) is 5.82 Å². The maximum atomic E-state index is 13.6. The van der Waals surface area contributed by atoms with Crippen LogP contribution in [0.3, 0.4) is 0 Å². The molecule has 1 aromatic heterocycles. The fourth-order valence-corrected chi connectivity index (χ4v) is 4.96. The van der Waals surface area contributed by atoms with Gasteiger partial charge in [-0.3, -0.25) is 4.79 Å². The minimum absolute atomic E-state index is 0.0321. The van der Waals surface area contributed by atoms with Crippen LogP contribution >= 0.6 is 0 Å². The molecule has 2 rings (SSSR count). The number of hydrogen-bond donors (Lipinski definition) is 0. The molecule has 0 N–H and O–H groups in total. The summed E-state index contributed by atoms with van der Waals surface area (Å²) in [4.78, 5) is 20.7. The van der Waals surface area contributed by atoms with Crippen molar-refractivity contribution < 1.29 is 22.8 Å². The van der Waals surface area contributed by atoms with Crippen molar-refractivity contribution in [1.82, 2.24) is 15.0 Å². The quantitative estimate of drug-likeness (QED) is 0.160. The monoisotopic (exact) mass is 592 g/mol. The van der Waals surface area contributed by atoms with Crippen LogP contribution in [0, 0.1) is 5.92 Å². The highest BCUT2D eigenvalue weighted by Crippen LogP contribution is 2.25. The molecular formula is C33H54F2N4O3. The summed E-state index contributed by atoms with van der Waals surface area (Å²) >= 11 is 0. The lowest BCUT2D eigenvalue weighted by molar-refractivity contribution is -0.136. The minimum atomic E-state index is -2.89. The van der Waals surface area contributed by atoms with Crippen molar-refractivity contribution in [2.24, 2.45) is 5.92 Å². The van der Waals surface area contributed by atoms with Gasteiger partial charge in [0.05, 0.1) is 19.3 Å². The number of anilines is 1. The molecule has 0 bridgehead atoms. The Balaban J connectivity index is 1.86. The van der Waals surface area contributed by atoms with Crippen molar-refractivity contribution in [1.29, 1.82) is 0 Å². The van der Waals surface area contributed by atoms with Crippen molar-refractivity contribution in [3.05, 3.63) is 41.3 Å². The molecule has 1 saturated heterocycles. The third-order valence-electron chi connectivity index (χ3n) is 7.50. The summed E-state index contributed by atoms with van der Waals surface area (Å²) < 4.78 is 38.9. The number of allylic oxidation sites excluding steroid dienone is 5. The number of nitrogens with zero attached hydrogens (tertiary/aromatic N) is 4. The molecule has 2 heterocycles. The largest absolute Gasteiger partial charge is 0.374 e. The highest BCUT2D eigenvalue weighted by molar-refractivity contribution is 5.76. The smallest absolute Gasteiger partial charge is 0.324 e. The van der Waals surface area contributed by atoms with Crippen LogP contribution in [0.25, 0.3) is 0 Å². The zero-order valence-electron chi connectivity index (χ0n) is 27.0. The van der Waals surface area contributed by atoms with E-state index >= 15 is 0 Å². The molecule has 0 saturated carbocycles. The van der Waals surface area contributed by atoms with Gasteiger partial charge in [-0.05, 0) is 62.5 Å². The van der Waals surface area contributed by atoms with Crippen LogP contribution < -0.4 is 4.90 Å². The summed E-state index contributed by atoms with van der Waals surface area (Å²) in [6, 6.07) is 0.616. The van der Waals surface area contributed by atoms with Crippen LogP contribution in [-0.4, -0.2) is 65.8 Å². The van der Waals surface area contributed by atoms with E-state index in [9.17, 15) is 13.6 Å². The van der Waals surface area contributed by atoms with Gasteiger partial charge < -0.3 is 19.1 Å². The van der Waals surface area contributed by atoms with Crippen LogP contribution in [0.1, 0.15) is 112 Å². The number of ether oxygens (including phenoxy) is 1. The van der Waals surface area contributed by atoms with E-state index in [0.29, 0.717) is 31.5 Å². The molecule has 0 aliphatic carbocycles. The molecule has 1 aliphatic rings. The molecule has 9 heteroatoms. The standard InChI is InChI=1S/C33H54F2N4O3/c1-8-11-20-39(24-33(7,34)35)30(40)15-12-14-28(10-3)29(13-9-2)17-16-26(6)41-23-27-18-21-38(22-19-27)32-36-31(25(4)5)37-42-32/h13-14,16-17,25-27H,8-12,15,18-24H2,1-7H3/b17-16-,28-14+,29-13+. The van der Waals surface area contributed by atoms with Gasteiger partial charge in [0, 0.05) is 38.9 Å². The SMILES string of the molecule is CC/C=C(\C=C/C(C)OCC1CCN(c2nc(C(C)C)no2)CC1)C(=C/CCC(=O)N(CCCC)CC(C)(F)F)/CC. The van der Waals surface area contributed by atoms with E-state index in [1.54, 1.807) is 0 Å². The van der Waals surface area contributed by atoms with E-state index in [1.165, 1.54) is 4.90 Å². The fraction of sp³-hybridized carbons (Fsp3) is 0.727. The minimum Gasteiger partial charge on any atom is -0.374 e. The van der Waals surface area contributed by atoms with E-state index in [-0.39, 0.29) is 24.3 Å². The first kappa shape index (κ1) is 35.6. The molecule has 0 spiro atoms. The van der Waals surface area contributed by atoms with Gasteiger partial charge in [-0.15, -0.1) is 0 Å². The van der Waals surface area contributed by atoms with Crippen molar-refractivity contribution in [3.63, 3.8) is 0 Å². The highest BCUT2D eigenvalue weighted by atomic mass is 19.3. The van der Waals surface area contributed by atoms with Gasteiger partial charge in [-0.2, -0.15) is 4.98 Å². The summed E-state index contributed by atoms with van der Waals surface area (Å²) in [6.07, 6.45) is 14.5. The average molecular weight is 593 g/mol. The maximum absolute atomic E-state index is 13.6. The maximum Gasteiger partial charge on any atom is 0.324 e. The number of alkyl halides is 2. The average Bonchev–Trinajstić information content (AvgIpc) is 3.45. The molecule has 1 aliphatic heterocycles. The second-order valence-electron chi connectivity index (χ2n) is 11.8. The molecule has 1 atom stereocenters.